The molecule has 140 valence electrons. The van der Waals surface area contributed by atoms with E-state index in [9.17, 15) is 13.2 Å². The van der Waals surface area contributed by atoms with Crippen LogP contribution in [0.25, 0.3) is 11.5 Å². The Labute approximate surface area is 161 Å². The quantitative estimate of drug-likeness (QED) is 0.476. The average molecular weight is 403 g/mol. The van der Waals surface area contributed by atoms with Gasteiger partial charge in [-0.2, -0.15) is 0 Å². The zero-order valence-electron chi connectivity index (χ0n) is 14.6. The van der Waals surface area contributed by atoms with Crippen molar-refractivity contribution in [3.8, 4) is 11.5 Å². The van der Waals surface area contributed by atoms with E-state index in [4.69, 9.17) is 4.42 Å². The third-order valence-corrected chi connectivity index (χ3v) is 5.09. The minimum Gasteiger partial charge on any atom is -0.411 e. The number of aromatic nitrogens is 2. The van der Waals surface area contributed by atoms with Crippen molar-refractivity contribution in [1.82, 2.24) is 10.2 Å². The van der Waals surface area contributed by atoms with Gasteiger partial charge in [0.15, 0.2) is 5.78 Å². The molecule has 3 rings (SSSR count). The summed E-state index contributed by atoms with van der Waals surface area (Å²) in [6.45, 7) is 1.75. The Morgan fingerprint density at radius 2 is 1.74 bits per heavy atom. The van der Waals surface area contributed by atoms with E-state index in [1.54, 1.807) is 31.2 Å². The molecule has 0 spiro atoms. The second-order valence-corrected chi connectivity index (χ2v) is 8.86. The van der Waals surface area contributed by atoms with Gasteiger partial charge in [0.05, 0.1) is 11.5 Å². The molecule has 0 bridgehead atoms. The van der Waals surface area contributed by atoms with E-state index < -0.39 is 15.3 Å². The van der Waals surface area contributed by atoms with Gasteiger partial charge >= 0.3 is 0 Å². The SMILES string of the molecule is C[C@H](Sc1nnc(-c2ccccc2)o1)C(=O)c1ccc(NS(C)(=O)=O)cc1. The van der Waals surface area contributed by atoms with Crippen molar-refractivity contribution < 1.29 is 17.6 Å². The van der Waals surface area contributed by atoms with Gasteiger partial charge in [0, 0.05) is 16.8 Å². The minimum atomic E-state index is -3.35. The van der Waals surface area contributed by atoms with E-state index in [2.05, 4.69) is 14.9 Å². The molecule has 0 aliphatic heterocycles. The highest BCUT2D eigenvalue weighted by Crippen LogP contribution is 2.28. The Balaban J connectivity index is 1.66. The highest BCUT2D eigenvalue weighted by atomic mass is 32.2. The van der Waals surface area contributed by atoms with E-state index in [0.29, 0.717) is 22.4 Å². The number of Topliss-reactive ketones (excluding diaryl/α,β-unsaturated/α-hetero) is 1. The summed E-state index contributed by atoms with van der Waals surface area (Å²) in [5.41, 5.74) is 1.68. The number of thioether (sulfide) groups is 1. The minimum absolute atomic E-state index is 0.120. The van der Waals surface area contributed by atoms with Crippen molar-refractivity contribution >= 4 is 33.3 Å². The summed E-state index contributed by atoms with van der Waals surface area (Å²) >= 11 is 1.17. The Hall–Kier alpha value is -2.65. The van der Waals surface area contributed by atoms with Crippen LogP contribution in [0, 0.1) is 0 Å². The molecule has 0 fully saturated rings. The molecule has 0 saturated carbocycles. The second-order valence-electron chi connectivity index (χ2n) is 5.82. The van der Waals surface area contributed by atoms with Crippen LogP contribution in [0.4, 0.5) is 5.69 Å². The van der Waals surface area contributed by atoms with Crippen LogP contribution in [0.2, 0.25) is 0 Å². The van der Waals surface area contributed by atoms with Crippen molar-refractivity contribution in [2.24, 2.45) is 0 Å². The van der Waals surface area contributed by atoms with E-state index in [0.717, 1.165) is 11.8 Å². The van der Waals surface area contributed by atoms with Gasteiger partial charge in [-0.15, -0.1) is 10.2 Å². The molecule has 0 amide bonds. The van der Waals surface area contributed by atoms with E-state index in [1.165, 1.54) is 11.8 Å². The maximum absolute atomic E-state index is 12.6. The molecule has 3 aromatic rings. The fraction of sp³-hybridized carbons (Fsp3) is 0.167. The largest absolute Gasteiger partial charge is 0.411 e. The number of anilines is 1. The van der Waals surface area contributed by atoms with Crippen LogP contribution in [-0.2, 0) is 10.0 Å². The fourth-order valence-electron chi connectivity index (χ4n) is 2.31. The number of sulfonamides is 1. The topological polar surface area (TPSA) is 102 Å². The highest BCUT2D eigenvalue weighted by molar-refractivity contribution is 8.00. The molecule has 0 saturated heterocycles. The maximum Gasteiger partial charge on any atom is 0.277 e. The molecule has 0 unspecified atom stereocenters. The third-order valence-electron chi connectivity index (χ3n) is 3.55. The molecule has 1 aromatic heterocycles. The molecule has 7 nitrogen and oxygen atoms in total. The van der Waals surface area contributed by atoms with Crippen molar-refractivity contribution in [2.75, 3.05) is 11.0 Å². The first kappa shape index (κ1) is 19.1. The Morgan fingerprint density at radius 3 is 2.37 bits per heavy atom. The molecule has 27 heavy (non-hydrogen) atoms. The molecule has 1 atom stereocenters. The number of ketones is 1. The first-order valence-corrected chi connectivity index (χ1v) is 10.8. The molecule has 9 heteroatoms. The summed E-state index contributed by atoms with van der Waals surface area (Å²) in [4.78, 5) is 12.6. The number of hydrogen-bond donors (Lipinski definition) is 1. The lowest BCUT2D eigenvalue weighted by Crippen LogP contribution is -2.14. The summed E-state index contributed by atoms with van der Waals surface area (Å²) in [7, 11) is -3.35. The lowest BCUT2D eigenvalue weighted by molar-refractivity contribution is 0.0993. The molecule has 1 heterocycles. The third kappa shape index (κ3) is 5.18. The van der Waals surface area contributed by atoms with Crippen LogP contribution in [0.3, 0.4) is 0 Å². The summed E-state index contributed by atoms with van der Waals surface area (Å²) in [6.07, 6.45) is 1.07. The average Bonchev–Trinajstić information content (AvgIpc) is 3.09. The first-order chi connectivity index (χ1) is 12.8. The summed E-state index contributed by atoms with van der Waals surface area (Å²) in [5, 5.41) is 7.85. The van der Waals surface area contributed by atoms with Crippen LogP contribution < -0.4 is 4.72 Å². The van der Waals surface area contributed by atoms with Crippen molar-refractivity contribution in [1.29, 1.82) is 0 Å². The van der Waals surface area contributed by atoms with Crippen LogP contribution in [-0.4, -0.2) is 35.9 Å². The molecule has 0 aliphatic rings. The predicted molar refractivity (Wildman–Crippen MR) is 104 cm³/mol. The molecular formula is C18H17N3O4S2. The number of carbonyl (C=O) groups excluding carboxylic acids is 1. The lowest BCUT2D eigenvalue weighted by Gasteiger charge is -2.09. The standard InChI is InChI=1S/C18H17N3O4S2/c1-12(16(22)13-8-10-15(11-9-13)21-27(2,23)24)26-18-20-19-17(25-18)14-6-4-3-5-7-14/h3-12,21H,1-2H3/t12-/m0/s1. The van der Waals surface area contributed by atoms with Crippen LogP contribution in [0.1, 0.15) is 17.3 Å². The predicted octanol–water partition coefficient (Wildman–Crippen LogP) is 3.47. The summed E-state index contributed by atoms with van der Waals surface area (Å²) in [5.74, 6) is 0.277. The molecule has 1 N–H and O–H groups in total. The van der Waals surface area contributed by atoms with Crippen LogP contribution in [0.15, 0.2) is 64.2 Å². The molecular weight excluding hydrogens is 386 g/mol. The van der Waals surface area contributed by atoms with Crippen molar-refractivity contribution in [3.63, 3.8) is 0 Å². The highest BCUT2D eigenvalue weighted by Gasteiger charge is 2.20. The van der Waals surface area contributed by atoms with Crippen molar-refractivity contribution in [3.05, 3.63) is 60.2 Å². The van der Waals surface area contributed by atoms with Crippen LogP contribution >= 0.6 is 11.8 Å². The number of rotatable bonds is 7. The zero-order chi connectivity index (χ0) is 19.4. The second kappa shape index (κ2) is 7.93. The van der Waals surface area contributed by atoms with Gasteiger partial charge in [-0.1, -0.05) is 30.0 Å². The van der Waals surface area contributed by atoms with Gasteiger partial charge in [-0.3, -0.25) is 9.52 Å². The Morgan fingerprint density at radius 1 is 1.07 bits per heavy atom. The molecule has 2 aromatic carbocycles. The van der Waals surface area contributed by atoms with E-state index in [1.807, 2.05) is 30.3 Å². The smallest absolute Gasteiger partial charge is 0.277 e. The summed E-state index contributed by atoms with van der Waals surface area (Å²) in [6, 6.07) is 15.6. The van der Waals surface area contributed by atoms with Gasteiger partial charge in [-0.05, 0) is 43.3 Å². The zero-order valence-corrected chi connectivity index (χ0v) is 16.3. The van der Waals surface area contributed by atoms with Crippen molar-refractivity contribution in [2.45, 2.75) is 17.4 Å². The Kier molecular flexibility index (Phi) is 5.62. The van der Waals surface area contributed by atoms with Gasteiger partial charge in [-0.25, -0.2) is 8.42 Å². The number of carbonyl (C=O) groups is 1. The summed E-state index contributed by atoms with van der Waals surface area (Å²) < 4.78 is 30.4. The number of nitrogens with zero attached hydrogens (tertiary/aromatic N) is 2. The monoisotopic (exact) mass is 403 g/mol. The lowest BCUT2D eigenvalue weighted by atomic mass is 10.1. The first-order valence-electron chi connectivity index (χ1n) is 7.99. The fourth-order valence-corrected chi connectivity index (χ4v) is 3.64. The normalized spacial score (nSPS) is 12.5. The van der Waals surface area contributed by atoms with E-state index >= 15 is 0 Å². The van der Waals surface area contributed by atoms with Crippen LogP contribution in [0.5, 0.6) is 0 Å². The van der Waals surface area contributed by atoms with Gasteiger partial charge in [0.1, 0.15) is 0 Å². The van der Waals surface area contributed by atoms with E-state index in [-0.39, 0.29) is 5.78 Å². The van der Waals surface area contributed by atoms with Gasteiger partial charge in [0.25, 0.3) is 5.22 Å². The number of benzene rings is 2. The van der Waals surface area contributed by atoms with Gasteiger partial charge < -0.3 is 4.42 Å². The maximum atomic E-state index is 12.6. The molecule has 0 aliphatic carbocycles. The number of hydrogen-bond acceptors (Lipinski definition) is 7. The Bertz CT molecular complexity index is 1030. The number of nitrogens with one attached hydrogen (secondary N) is 1. The molecule has 0 radical (unpaired) electrons. The van der Waals surface area contributed by atoms with Gasteiger partial charge in [0.2, 0.25) is 15.9 Å².